The van der Waals surface area contributed by atoms with E-state index in [-0.39, 0.29) is 27.0 Å². The number of carbonyl (C=O) groups excluding carboxylic acids is 1. The monoisotopic (exact) mass is 536 g/mol. The molecule has 0 aliphatic rings. The van der Waals surface area contributed by atoms with Gasteiger partial charge >= 0.3 is 21.1 Å². The third kappa shape index (κ3) is 3.91. The third-order valence-corrected chi connectivity index (χ3v) is 3.83. The average molecular weight is 536 g/mol. The van der Waals surface area contributed by atoms with Crippen molar-refractivity contribution >= 4 is 17.3 Å². The third-order valence-electron chi connectivity index (χ3n) is 3.83. The van der Waals surface area contributed by atoms with Gasteiger partial charge in [-0.25, -0.2) is 0 Å². The fourth-order valence-electron chi connectivity index (χ4n) is 2.71. The van der Waals surface area contributed by atoms with Crippen molar-refractivity contribution in [3.8, 4) is 11.4 Å². The van der Waals surface area contributed by atoms with E-state index in [9.17, 15) is 4.79 Å². The van der Waals surface area contributed by atoms with Crippen LogP contribution >= 0.6 is 0 Å². The van der Waals surface area contributed by atoms with Gasteiger partial charge in [0.05, 0.1) is 0 Å². The molecule has 0 bridgehead atoms. The Morgan fingerprint density at radius 1 is 0.852 bits per heavy atom. The van der Waals surface area contributed by atoms with Gasteiger partial charge in [0.25, 0.3) is 0 Å². The van der Waals surface area contributed by atoms with E-state index in [1.807, 2.05) is 60.9 Å². The van der Waals surface area contributed by atoms with E-state index in [1.54, 1.807) is 26.7 Å². The zero-order valence-corrected chi connectivity index (χ0v) is 16.7. The summed E-state index contributed by atoms with van der Waals surface area (Å²) >= 11 is 0. The summed E-state index contributed by atoms with van der Waals surface area (Å²) < 4.78 is 3.40. The van der Waals surface area contributed by atoms with Gasteiger partial charge in [-0.2, -0.15) is 22.3 Å². The van der Waals surface area contributed by atoms with Crippen molar-refractivity contribution in [1.29, 1.82) is 0 Å². The smallest absolute Gasteiger partial charge is 0.330 e. The van der Waals surface area contributed by atoms with Crippen LogP contribution in [0, 0.1) is 12.1 Å². The molecule has 2 aromatic heterocycles. The minimum absolute atomic E-state index is 0. The first-order valence-electron chi connectivity index (χ1n) is 8.08. The van der Waals surface area contributed by atoms with E-state index in [1.165, 1.54) is 6.92 Å². The zero-order chi connectivity index (χ0) is 17.9. The molecule has 0 fully saturated rings. The van der Waals surface area contributed by atoms with Crippen molar-refractivity contribution in [3.63, 3.8) is 0 Å². The molecule has 0 radical (unpaired) electrons. The van der Waals surface area contributed by atoms with Gasteiger partial charge in [0.2, 0.25) is 5.91 Å². The Kier molecular flexibility index (Phi) is 5.67. The second-order valence-electron chi connectivity index (χ2n) is 5.60. The average Bonchev–Trinajstić information content (AvgIpc) is 3.36. The van der Waals surface area contributed by atoms with E-state index >= 15 is 0 Å². The second-order valence-corrected chi connectivity index (χ2v) is 5.60. The molecule has 0 N–H and O–H groups in total. The van der Waals surface area contributed by atoms with Crippen molar-refractivity contribution in [1.82, 2.24) is 19.6 Å². The van der Waals surface area contributed by atoms with Crippen molar-refractivity contribution in [2.24, 2.45) is 0 Å². The standard InChI is InChI=1S/C20H15N5O.Pt/c1-16(26)25(19-8-2-6-17(14-19)23-12-4-10-21-23)20-9-3-7-18(15-20)24-13-5-11-22-24;/h2-13H,1H3;/q-2;+2. The quantitative estimate of drug-likeness (QED) is 0.376. The van der Waals surface area contributed by atoms with Gasteiger partial charge in [-0.05, 0) is 23.5 Å². The van der Waals surface area contributed by atoms with Gasteiger partial charge < -0.3 is 4.90 Å². The van der Waals surface area contributed by atoms with Crippen LogP contribution in [0.1, 0.15) is 6.92 Å². The number of hydrogen-bond donors (Lipinski definition) is 0. The molecule has 4 aromatic rings. The minimum Gasteiger partial charge on any atom is -0.330 e. The Morgan fingerprint density at radius 2 is 1.33 bits per heavy atom. The Bertz CT molecular complexity index is 950. The van der Waals surface area contributed by atoms with Gasteiger partial charge in [-0.1, -0.05) is 11.4 Å². The molecular weight excluding hydrogens is 521 g/mol. The first-order chi connectivity index (χ1) is 12.7. The van der Waals surface area contributed by atoms with Crippen LogP contribution in [-0.2, 0) is 25.9 Å². The van der Waals surface area contributed by atoms with Gasteiger partial charge in [-0.15, -0.1) is 36.4 Å². The number of amides is 1. The molecule has 1 amide bonds. The zero-order valence-electron chi connectivity index (χ0n) is 14.4. The molecule has 7 heteroatoms. The molecule has 0 saturated heterocycles. The van der Waals surface area contributed by atoms with Crippen molar-refractivity contribution in [2.45, 2.75) is 6.92 Å². The van der Waals surface area contributed by atoms with Crippen LogP contribution in [0.4, 0.5) is 11.4 Å². The molecule has 0 unspecified atom stereocenters. The molecule has 2 heterocycles. The Labute approximate surface area is 171 Å². The van der Waals surface area contributed by atoms with Crippen LogP contribution in [0.25, 0.3) is 11.4 Å². The summed E-state index contributed by atoms with van der Waals surface area (Å²) in [6.07, 6.45) is 7.06. The van der Waals surface area contributed by atoms with E-state index in [2.05, 4.69) is 22.3 Å². The number of hydrogen-bond acceptors (Lipinski definition) is 3. The van der Waals surface area contributed by atoms with Gasteiger partial charge in [0.1, 0.15) is 0 Å². The molecule has 6 nitrogen and oxygen atoms in total. The fraction of sp³-hybridized carbons (Fsp3) is 0.0500. The minimum atomic E-state index is -0.132. The molecule has 4 rings (SSSR count). The van der Waals surface area contributed by atoms with Crippen LogP contribution in [0.2, 0.25) is 0 Å². The van der Waals surface area contributed by atoms with Crippen molar-refractivity contribution < 1.29 is 25.9 Å². The summed E-state index contributed by atoms with van der Waals surface area (Å²) in [5, 5.41) is 8.43. The maximum atomic E-state index is 12.4. The van der Waals surface area contributed by atoms with E-state index in [0.29, 0.717) is 11.4 Å². The number of rotatable bonds is 4. The topological polar surface area (TPSA) is 56.0 Å². The predicted octanol–water partition coefficient (Wildman–Crippen LogP) is 3.34. The van der Waals surface area contributed by atoms with Crippen LogP contribution in [0.15, 0.2) is 73.3 Å². The summed E-state index contributed by atoms with van der Waals surface area (Å²) in [5.74, 6) is -0.132. The maximum absolute atomic E-state index is 12.4. The fourth-order valence-corrected chi connectivity index (χ4v) is 2.71. The van der Waals surface area contributed by atoms with Gasteiger partial charge in [-0.3, -0.25) is 14.2 Å². The number of anilines is 2. The van der Waals surface area contributed by atoms with Crippen LogP contribution in [0.5, 0.6) is 0 Å². The summed E-state index contributed by atoms with van der Waals surface area (Å²) in [4.78, 5) is 14.0. The van der Waals surface area contributed by atoms with Crippen LogP contribution in [0.3, 0.4) is 0 Å². The van der Waals surface area contributed by atoms with E-state index in [4.69, 9.17) is 0 Å². The van der Waals surface area contributed by atoms with Gasteiger partial charge in [0.15, 0.2) is 0 Å². The normalized spacial score (nSPS) is 10.3. The first kappa shape index (κ1) is 18.8. The second kappa shape index (κ2) is 8.14. The van der Waals surface area contributed by atoms with Crippen LogP contribution in [-0.4, -0.2) is 25.5 Å². The van der Waals surface area contributed by atoms with Crippen LogP contribution < -0.4 is 4.90 Å². The van der Waals surface area contributed by atoms with Gasteiger partial charge in [0, 0.05) is 31.7 Å². The van der Waals surface area contributed by atoms with E-state index < -0.39 is 0 Å². The number of nitrogens with zero attached hydrogens (tertiary/aromatic N) is 5. The molecule has 0 aliphatic carbocycles. The Hall–Kier alpha value is -2.98. The molecule has 0 saturated carbocycles. The molecule has 136 valence electrons. The predicted molar refractivity (Wildman–Crippen MR) is 97.6 cm³/mol. The van der Waals surface area contributed by atoms with Crippen molar-refractivity contribution in [3.05, 3.63) is 85.5 Å². The van der Waals surface area contributed by atoms with Crippen molar-refractivity contribution in [2.75, 3.05) is 4.90 Å². The summed E-state index contributed by atoms with van der Waals surface area (Å²) in [7, 11) is 0. The Balaban J connectivity index is 0.00000210. The molecular formula is C20H15N5OPt. The molecule has 0 aliphatic heterocycles. The maximum Gasteiger partial charge on any atom is 2.00 e. The summed E-state index contributed by atoms with van der Waals surface area (Å²) in [6.45, 7) is 1.52. The SMILES string of the molecule is CC(=O)N(c1[c-]c(-n2cccn2)ccc1)c1[c-]c(-n2cccn2)ccc1.[Pt+2]. The largest absolute Gasteiger partial charge is 2.00 e. The molecule has 0 atom stereocenters. The summed E-state index contributed by atoms with van der Waals surface area (Å²) in [6, 6.07) is 21.4. The number of carbonyl (C=O) groups is 1. The number of aromatic nitrogens is 4. The Morgan fingerprint density at radius 3 is 1.70 bits per heavy atom. The summed E-state index contributed by atoms with van der Waals surface area (Å²) in [5.41, 5.74) is 2.75. The molecule has 2 aromatic carbocycles. The number of benzene rings is 2. The van der Waals surface area contributed by atoms with E-state index in [0.717, 1.165) is 11.4 Å². The first-order valence-corrected chi connectivity index (χ1v) is 8.08. The molecule has 0 spiro atoms. The molecule has 27 heavy (non-hydrogen) atoms.